The summed E-state index contributed by atoms with van der Waals surface area (Å²) in [4.78, 5) is 26.7. The first-order chi connectivity index (χ1) is 8.50. The van der Waals surface area contributed by atoms with E-state index in [0.717, 1.165) is 7.05 Å². The number of para-hydroxylation sites is 1. The largest absolute Gasteiger partial charge is 0.762 e. The third-order valence-corrected chi connectivity index (χ3v) is 1.92. The zero-order valence-corrected chi connectivity index (χ0v) is 9.66. The van der Waals surface area contributed by atoms with Crippen LogP contribution in [0.2, 0.25) is 0 Å². The van der Waals surface area contributed by atoms with E-state index >= 15 is 0 Å². The van der Waals surface area contributed by atoms with Gasteiger partial charge in [-0.2, -0.15) is 0 Å². The van der Waals surface area contributed by atoms with Crippen molar-refractivity contribution in [3.05, 3.63) is 35.0 Å². The summed E-state index contributed by atoms with van der Waals surface area (Å²) in [6, 6.07) is 5.78. The normalized spacial score (nSPS) is 10.4. The first-order valence-corrected chi connectivity index (χ1v) is 5.07. The van der Waals surface area contributed by atoms with Crippen molar-refractivity contribution in [1.29, 1.82) is 0 Å². The highest BCUT2D eigenvalue weighted by Crippen LogP contribution is 2.18. The molecule has 7 nitrogen and oxygen atoms in total. The Morgan fingerprint density at radius 2 is 2.06 bits per heavy atom. The average molecular weight is 254 g/mol. The Morgan fingerprint density at radius 1 is 1.39 bits per heavy atom. The van der Waals surface area contributed by atoms with E-state index in [0.29, 0.717) is 0 Å². The topological polar surface area (TPSA) is 99.1 Å². The molecule has 1 aromatic rings. The second kappa shape index (κ2) is 6.70. The molecule has 0 bridgehead atoms. The molecule has 18 heavy (non-hydrogen) atoms. The molecule has 0 fully saturated rings. The number of carbonyl (C=O) groups is 2. The summed E-state index contributed by atoms with van der Waals surface area (Å²) in [6.07, 6.45) is -0.152. The molecule has 0 spiro atoms. The predicted octanol–water partition coefficient (Wildman–Crippen LogP) is 1.04. The Kier molecular flexibility index (Phi) is 5.25. The molecule has 1 aromatic carbocycles. The maximum atomic E-state index is 11.4. The molecule has 0 unspecified atom stereocenters. The summed E-state index contributed by atoms with van der Waals surface area (Å²) in [6.45, 7) is -0.131. The molecule has 7 heteroatoms. The predicted molar refractivity (Wildman–Crippen MR) is 60.7 cm³/mol. The van der Waals surface area contributed by atoms with Gasteiger partial charge < -0.3 is 19.9 Å². The van der Waals surface area contributed by atoms with Crippen LogP contribution in [0.25, 0.3) is 0 Å². The van der Waals surface area contributed by atoms with Crippen LogP contribution in [-0.4, -0.2) is 35.9 Å². The van der Waals surface area contributed by atoms with E-state index in [4.69, 9.17) is 9.84 Å². The molecule has 0 saturated carbocycles. The zero-order chi connectivity index (χ0) is 13.5. The third-order valence-electron chi connectivity index (χ3n) is 1.92. The summed E-state index contributed by atoms with van der Waals surface area (Å²) in [5, 5.41) is 19.5. The van der Waals surface area contributed by atoms with Gasteiger partial charge in [-0.25, -0.2) is 4.79 Å². The number of carboxylic acids is 1. The standard InChI is InChI=1S/C11H12NO6/c1-12(16)17-7-6-10(13)18-9-5-3-2-4-8(9)11(14)15/h2-5H,6-7H2,1H3,(H,14,15)/q-1. The Bertz CT molecular complexity index is 431. The Hall–Kier alpha value is -1.96. The highest BCUT2D eigenvalue weighted by Gasteiger charge is 2.13. The zero-order valence-electron chi connectivity index (χ0n) is 9.66. The van der Waals surface area contributed by atoms with Crippen LogP contribution in [0.4, 0.5) is 0 Å². The molecule has 0 amide bonds. The molecule has 0 aliphatic rings. The maximum absolute atomic E-state index is 11.4. The van der Waals surface area contributed by atoms with Crippen LogP contribution < -0.4 is 4.74 Å². The lowest BCUT2D eigenvalue weighted by atomic mass is 10.2. The van der Waals surface area contributed by atoms with Crippen molar-refractivity contribution in [2.24, 2.45) is 0 Å². The van der Waals surface area contributed by atoms with Crippen LogP contribution in [0, 0.1) is 5.21 Å². The van der Waals surface area contributed by atoms with Gasteiger partial charge in [-0.15, -0.1) is 0 Å². The van der Waals surface area contributed by atoms with Gasteiger partial charge in [0.05, 0.1) is 13.0 Å². The van der Waals surface area contributed by atoms with Crippen LogP contribution in [0.5, 0.6) is 5.75 Å². The highest BCUT2D eigenvalue weighted by atomic mass is 16.9. The van der Waals surface area contributed by atoms with Crippen LogP contribution >= 0.6 is 0 Å². The van der Waals surface area contributed by atoms with Crippen LogP contribution in [0.3, 0.4) is 0 Å². The second-order valence-electron chi connectivity index (χ2n) is 3.30. The number of hydrogen-bond acceptors (Lipinski definition) is 6. The number of ether oxygens (including phenoxy) is 1. The first kappa shape index (κ1) is 14.1. The number of hydroxylamine groups is 2. The number of carboxylic acid groups (broad SMARTS) is 1. The van der Waals surface area contributed by atoms with Crippen molar-refractivity contribution >= 4 is 11.9 Å². The van der Waals surface area contributed by atoms with E-state index in [9.17, 15) is 14.8 Å². The molecular weight excluding hydrogens is 242 g/mol. The van der Waals surface area contributed by atoms with Crippen LogP contribution in [0.15, 0.2) is 24.3 Å². The summed E-state index contributed by atoms with van der Waals surface area (Å²) < 4.78 is 4.87. The van der Waals surface area contributed by atoms with Gasteiger partial charge in [-0.3, -0.25) is 10.0 Å². The van der Waals surface area contributed by atoms with Gasteiger partial charge in [0.15, 0.2) is 0 Å². The van der Waals surface area contributed by atoms with Crippen LogP contribution in [-0.2, 0) is 9.63 Å². The first-order valence-electron chi connectivity index (χ1n) is 5.07. The maximum Gasteiger partial charge on any atom is 0.339 e. The van der Waals surface area contributed by atoms with Crippen molar-refractivity contribution in [2.75, 3.05) is 13.7 Å². The summed E-state index contributed by atoms with van der Waals surface area (Å²) in [7, 11) is 1.14. The molecule has 98 valence electrons. The van der Waals surface area contributed by atoms with Crippen LogP contribution in [0.1, 0.15) is 16.8 Å². The molecule has 1 rings (SSSR count). The fraction of sp³-hybridized carbons (Fsp3) is 0.273. The van der Waals surface area contributed by atoms with Gasteiger partial charge in [0.1, 0.15) is 11.3 Å². The molecular formula is C11H12NO6-. The van der Waals surface area contributed by atoms with Crippen molar-refractivity contribution < 1.29 is 24.3 Å². The fourth-order valence-electron chi connectivity index (χ4n) is 1.16. The molecule has 0 atom stereocenters. The molecule has 0 radical (unpaired) electrons. The Morgan fingerprint density at radius 3 is 2.67 bits per heavy atom. The lowest BCUT2D eigenvalue weighted by Gasteiger charge is -2.20. The molecule has 0 aromatic heterocycles. The van der Waals surface area contributed by atoms with E-state index < -0.39 is 11.9 Å². The fourth-order valence-corrected chi connectivity index (χ4v) is 1.16. The quantitative estimate of drug-likeness (QED) is 0.460. The van der Waals surface area contributed by atoms with E-state index in [2.05, 4.69) is 4.84 Å². The monoisotopic (exact) mass is 254 g/mol. The number of nitrogens with zero attached hydrogens (tertiary/aromatic N) is 1. The van der Waals surface area contributed by atoms with Gasteiger partial charge >= 0.3 is 11.9 Å². The van der Waals surface area contributed by atoms with Gasteiger partial charge in [-0.1, -0.05) is 12.1 Å². The summed E-state index contributed by atoms with van der Waals surface area (Å²) >= 11 is 0. The van der Waals surface area contributed by atoms with Crippen molar-refractivity contribution in [3.8, 4) is 5.75 Å². The van der Waals surface area contributed by atoms with Gasteiger partial charge in [-0.05, 0) is 19.2 Å². The van der Waals surface area contributed by atoms with Gasteiger partial charge in [0.2, 0.25) is 0 Å². The minimum Gasteiger partial charge on any atom is -0.762 e. The minimum atomic E-state index is -1.19. The Balaban J connectivity index is 2.56. The highest BCUT2D eigenvalue weighted by molar-refractivity contribution is 5.91. The number of rotatable bonds is 6. The SMILES string of the molecule is CN([O-])OCCC(=O)Oc1ccccc1C(=O)O. The summed E-state index contributed by atoms with van der Waals surface area (Å²) in [5.74, 6) is -1.90. The van der Waals surface area contributed by atoms with Gasteiger partial charge in [0.25, 0.3) is 0 Å². The lowest BCUT2D eigenvalue weighted by molar-refractivity contribution is -0.142. The molecule has 0 saturated heterocycles. The van der Waals surface area contributed by atoms with E-state index in [1.54, 1.807) is 6.07 Å². The molecule has 0 aliphatic heterocycles. The molecule has 0 aliphatic carbocycles. The number of carbonyl (C=O) groups excluding carboxylic acids is 1. The number of hydrogen-bond donors (Lipinski definition) is 1. The molecule has 1 N–H and O–H groups in total. The molecule has 0 heterocycles. The van der Waals surface area contributed by atoms with E-state index in [1.165, 1.54) is 18.2 Å². The van der Waals surface area contributed by atoms with Crippen molar-refractivity contribution in [3.63, 3.8) is 0 Å². The smallest absolute Gasteiger partial charge is 0.339 e. The van der Waals surface area contributed by atoms with E-state index in [1.807, 2.05) is 0 Å². The van der Waals surface area contributed by atoms with E-state index in [-0.39, 0.29) is 29.6 Å². The van der Waals surface area contributed by atoms with Gasteiger partial charge in [0, 0.05) is 0 Å². The number of benzene rings is 1. The third kappa shape index (κ3) is 4.50. The minimum absolute atomic E-state index is 0.0366. The second-order valence-corrected chi connectivity index (χ2v) is 3.30. The average Bonchev–Trinajstić information content (AvgIpc) is 2.28. The lowest BCUT2D eigenvalue weighted by Crippen LogP contribution is -2.17. The van der Waals surface area contributed by atoms with Crippen molar-refractivity contribution in [2.45, 2.75) is 6.42 Å². The van der Waals surface area contributed by atoms with Crippen molar-refractivity contribution in [1.82, 2.24) is 5.23 Å². The summed E-state index contributed by atoms with van der Waals surface area (Å²) in [5.41, 5.74) is -0.104. The number of aromatic carboxylic acids is 1. The number of esters is 1. The Labute approximate surface area is 103 Å².